The number of rotatable bonds is 5. The van der Waals surface area contributed by atoms with Gasteiger partial charge in [0.1, 0.15) is 0 Å². The zero-order valence-corrected chi connectivity index (χ0v) is 14.2. The molecular formula is C21H26N2O. The maximum atomic E-state index is 12.0. The molecule has 3 nitrogen and oxygen atoms in total. The fraction of sp³-hybridized carbons (Fsp3) is 0.381. The van der Waals surface area contributed by atoms with Gasteiger partial charge >= 0.3 is 0 Å². The van der Waals surface area contributed by atoms with E-state index in [2.05, 4.69) is 28.4 Å². The number of hydrogen-bond donors (Lipinski definition) is 1. The number of nitrogens with one attached hydrogen (secondary N) is 1. The van der Waals surface area contributed by atoms with Crippen molar-refractivity contribution in [2.24, 2.45) is 0 Å². The summed E-state index contributed by atoms with van der Waals surface area (Å²) in [5, 5.41) is 3.01. The summed E-state index contributed by atoms with van der Waals surface area (Å²) in [5.41, 5.74) is 2.36. The standard InChI is InChI=1S/C21H26N2O/c24-21(14-13-18-8-3-1-4-9-18)22-16-19-10-7-15-23(17-19)20-11-5-2-6-12-20/h1,3-5,8-11,13-14,20H,2,6-7,12,15-17H2,(H,22,24)/b14-13+. The first-order valence-electron chi connectivity index (χ1n) is 8.91. The third kappa shape index (κ3) is 4.93. The molecule has 24 heavy (non-hydrogen) atoms. The Bertz CT molecular complexity index is 630. The summed E-state index contributed by atoms with van der Waals surface area (Å²) in [5.74, 6) is -0.0329. The zero-order chi connectivity index (χ0) is 16.6. The summed E-state index contributed by atoms with van der Waals surface area (Å²) in [6, 6.07) is 10.5. The first-order valence-corrected chi connectivity index (χ1v) is 8.91. The van der Waals surface area contributed by atoms with Crippen LogP contribution in [0.5, 0.6) is 0 Å². The molecule has 2 aliphatic rings. The van der Waals surface area contributed by atoms with E-state index in [0.717, 1.165) is 25.1 Å². The Morgan fingerprint density at radius 2 is 2.12 bits per heavy atom. The Labute approximate surface area is 144 Å². The number of nitrogens with zero attached hydrogens (tertiary/aromatic N) is 1. The maximum absolute atomic E-state index is 12.0. The minimum Gasteiger partial charge on any atom is -0.349 e. The van der Waals surface area contributed by atoms with Gasteiger partial charge in [0.05, 0.1) is 0 Å². The number of benzene rings is 1. The van der Waals surface area contributed by atoms with Crippen LogP contribution in [0.3, 0.4) is 0 Å². The molecule has 1 aliphatic heterocycles. The Hall–Kier alpha value is -2.13. The van der Waals surface area contributed by atoms with Crippen molar-refractivity contribution in [1.29, 1.82) is 0 Å². The van der Waals surface area contributed by atoms with Crippen molar-refractivity contribution >= 4 is 12.0 Å². The molecule has 1 aliphatic carbocycles. The van der Waals surface area contributed by atoms with Crippen molar-refractivity contribution in [3.63, 3.8) is 0 Å². The summed E-state index contributed by atoms with van der Waals surface area (Å²) in [6.45, 7) is 2.74. The van der Waals surface area contributed by atoms with Gasteiger partial charge in [-0.1, -0.05) is 48.6 Å². The third-order valence-corrected chi connectivity index (χ3v) is 4.67. The third-order valence-electron chi connectivity index (χ3n) is 4.67. The highest BCUT2D eigenvalue weighted by atomic mass is 16.1. The second-order valence-electron chi connectivity index (χ2n) is 6.51. The topological polar surface area (TPSA) is 32.3 Å². The van der Waals surface area contributed by atoms with Crippen LogP contribution in [0.2, 0.25) is 0 Å². The van der Waals surface area contributed by atoms with Crippen molar-refractivity contribution in [3.8, 4) is 0 Å². The summed E-state index contributed by atoms with van der Waals surface area (Å²) in [7, 11) is 0. The second kappa shape index (κ2) is 8.65. The Morgan fingerprint density at radius 1 is 1.25 bits per heavy atom. The van der Waals surface area contributed by atoms with Crippen molar-refractivity contribution < 1.29 is 4.79 Å². The van der Waals surface area contributed by atoms with Crippen molar-refractivity contribution in [3.05, 3.63) is 65.8 Å². The van der Waals surface area contributed by atoms with Crippen LogP contribution in [0.25, 0.3) is 6.08 Å². The minimum absolute atomic E-state index is 0.0329. The average molecular weight is 322 g/mol. The molecule has 1 atom stereocenters. The largest absolute Gasteiger partial charge is 0.349 e. The zero-order valence-electron chi connectivity index (χ0n) is 14.2. The lowest BCUT2D eigenvalue weighted by Gasteiger charge is -2.34. The highest BCUT2D eigenvalue weighted by Gasteiger charge is 2.20. The highest BCUT2D eigenvalue weighted by Crippen LogP contribution is 2.20. The molecule has 1 aromatic rings. The van der Waals surface area contributed by atoms with Crippen LogP contribution in [0.15, 0.2) is 60.2 Å². The van der Waals surface area contributed by atoms with Crippen molar-refractivity contribution in [2.75, 3.05) is 19.6 Å². The minimum atomic E-state index is -0.0329. The van der Waals surface area contributed by atoms with Crippen LogP contribution in [-0.4, -0.2) is 36.5 Å². The molecular weight excluding hydrogens is 296 g/mol. The van der Waals surface area contributed by atoms with Crippen LogP contribution in [0, 0.1) is 0 Å². The van der Waals surface area contributed by atoms with Gasteiger partial charge in [0, 0.05) is 31.8 Å². The van der Waals surface area contributed by atoms with E-state index >= 15 is 0 Å². The van der Waals surface area contributed by atoms with E-state index in [-0.39, 0.29) is 5.91 Å². The molecule has 0 fully saturated rings. The lowest BCUT2D eigenvalue weighted by molar-refractivity contribution is -0.116. The maximum Gasteiger partial charge on any atom is 0.244 e. The van der Waals surface area contributed by atoms with E-state index in [4.69, 9.17) is 0 Å². The molecule has 126 valence electrons. The van der Waals surface area contributed by atoms with E-state index in [1.165, 1.54) is 24.8 Å². The second-order valence-corrected chi connectivity index (χ2v) is 6.51. The normalized spacial score (nSPS) is 21.7. The molecule has 3 heteroatoms. The van der Waals surface area contributed by atoms with Crippen molar-refractivity contribution in [2.45, 2.75) is 31.7 Å². The Balaban J connectivity index is 1.46. The molecule has 1 heterocycles. The molecule has 0 saturated carbocycles. The van der Waals surface area contributed by atoms with Gasteiger partial charge in [0.2, 0.25) is 5.91 Å². The molecule has 1 amide bonds. The lowest BCUT2D eigenvalue weighted by Crippen LogP contribution is -2.40. The van der Waals surface area contributed by atoms with E-state index in [1.54, 1.807) is 6.08 Å². The number of hydrogen-bond acceptors (Lipinski definition) is 2. The van der Waals surface area contributed by atoms with Gasteiger partial charge < -0.3 is 5.32 Å². The monoisotopic (exact) mass is 322 g/mol. The van der Waals surface area contributed by atoms with Gasteiger partial charge in [-0.3, -0.25) is 9.69 Å². The quantitative estimate of drug-likeness (QED) is 0.664. The van der Waals surface area contributed by atoms with E-state index in [0.29, 0.717) is 12.6 Å². The fourth-order valence-electron chi connectivity index (χ4n) is 3.34. The molecule has 0 aromatic heterocycles. The molecule has 1 aromatic carbocycles. The Morgan fingerprint density at radius 3 is 2.92 bits per heavy atom. The number of carbonyl (C=O) groups is 1. The number of allylic oxidation sites excluding steroid dienone is 1. The van der Waals surface area contributed by atoms with Crippen LogP contribution in [-0.2, 0) is 4.79 Å². The van der Waals surface area contributed by atoms with Gasteiger partial charge in [-0.25, -0.2) is 0 Å². The highest BCUT2D eigenvalue weighted by molar-refractivity contribution is 5.91. The molecule has 0 radical (unpaired) electrons. The fourth-order valence-corrected chi connectivity index (χ4v) is 3.34. The van der Waals surface area contributed by atoms with Gasteiger partial charge in [0.25, 0.3) is 0 Å². The smallest absolute Gasteiger partial charge is 0.244 e. The summed E-state index contributed by atoms with van der Waals surface area (Å²) < 4.78 is 0. The molecule has 0 spiro atoms. The van der Waals surface area contributed by atoms with E-state index < -0.39 is 0 Å². The molecule has 1 unspecified atom stereocenters. The first kappa shape index (κ1) is 16.7. The van der Waals surface area contributed by atoms with Gasteiger partial charge in [-0.2, -0.15) is 0 Å². The molecule has 3 rings (SSSR count). The van der Waals surface area contributed by atoms with Gasteiger partial charge in [0.15, 0.2) is 0 Å². The summed E-state index contributed by atoms with van der Waals surface area (Å²) in [4.78, 5) is 14.5. The van der Waals surface area contributed by atoms with Crippen LogP contribution in [0.4, 0.5) is 0 Å². The van der Waals surface area contributed by atoms with E-state index in [9.17, 15) is 4.79 Å². The number of amides is 1. The predicted octanol–water partition coefficient (Wildman–Crippen LogP) is 3.56. The lowest BCUT2D eigenvalue weighted by atomic mass is 9.99. The summed E-state index contributed by atoms with van der Waals surface area (Å²) in [6.07, 6.45) is 15.3. The average Bonchev–Trinajstić information content (AvgIpc) is 2.66. The molecule has 0 saturated heterocycles. The molecule has 0 bridgehead atoms. The Kier molecular flexibility index (Phi) is 6.02. The number of carbonyl (C=O) groups excluding carboxylic acids is 1. The molecule has 1 N–H and O–H groups in total. The first-order chi connectivity index (χ1) is 11.8. The van der Waals surface area contributed by atoms with E-state index in [1.807, 2.05) is 36.4 Å². The van der Waals surface area contributed by atoms with Crippen LogP contribution in [0.1, 0.15) is 31.2 Å². The SMILES string of the molecule is O=C(/C=C/c1ccccc1)NCC1=CCCN(C2C=CCCC2)C1. The van der Waals surface area contributed by atoms with Crippen LogP contribution < -0.4 is 5.32 Å². The van der Waals surface area contributed by atoms with Gasteiger partial charge in [-0.15, -0.1) is 0 Å². The van der Waals surface area contributed by atoms with Crippen molar-refractivity contribution in [1.82, 2.24) is 10.2 Å². The van der Waals surface area contributed by atoms with Gasteiger partial charge in [-0.05, 0) is 42.9 Å². The summed E-state index contributed by atoms with van der Waals surface area (Å²) >= 11 is 0. The van der Waals surface area contributed by atoms with Crippen LogP contribution >= 0.6 is 0 Å². The predicted molar refractivity (Wildman–Crippen MR) is 99.5 cm³/mol.